The Bertz CT molecular complexity index is 872. The first-order valence-corrected chi connectivity index (χ1v) is 8.65. The van der Waals surface area contributed by atoms with Gasteiger partial charge in [0.25, 0.3) is 5.91 Å². The number of phenolic OH excluding ortho intramolecular Hbond substituents is 1. The number of phenols is 1. The number of ether oxygens (including phenoxy) is 3. The molecule has 2 aromatic rings. The molecule has 0 heterocycles. The van der Waals surface area contributed by atoms with Crippen LogP contribution in [0, 0.1) is 6.92 Å². The quantitative estimate of drug-likeness (QED) is 0.619. The van der Waals surface area contributed by atoms with Gasteiger partial charge in [0.1, 0.15) is 11.3 Å². The molecule has 0 unspecified atom stereocenters. The third kappa shape index (κ3) is 6.63. The molecule has 0 fully saturated rings. The van der Waals surface area contributed by atoms with Crippen LogP contribution >= 0.6 is 0 Å². The van der Waals surface area contributed by atoms with Crippen LogP contribution in [0.4, 0.5) is 8.78 Å². The van der Waals surface area contributed by atoms with Crippen molar-refractivity contribution in [3.8, 4) is 17.2 Å². The summed E-state index contributed by atoms with van der Waals surface area (Å²) in [4.78, 5) is 23.7. The Morgan fingerprint density at radius 1 is 1.14 bits per heavy atom. The molecule has 2 rings (SSSR count). The van der Waals surface area contributed by atoms with E-state index in [1.807, 2.05) is 0 Å². The molecule has 0 spiro atoms. The molecule has 0 bridgehead atoms. The number of nitrogens with one attached hydrogen (secondary N) is 1. The average molecular weight is 409 g/mol. The van der Waals surface area contributed by atoms with Gasteiger partial charge in [-0.3, -0.25) is 4.79 Å². The molecule has 0 atom stereocenters. The fourth-order valence-electron chi connectivity index (χ4n) is 2.48. The Labute approximate surface area is 166 Å². The third-order valence-electron chi connectivity index (χ3n) is 3.89. The molecule has 2 aromatic carbocycles. The van der Waals surface area contributed by atoms with Crippen LogP contribution in [0.25, 0.3) is 0 Å². The first-order chi connectivity index (χ1) is 13.8. The van der Waals surface area contributed by atoms with Crippen molar-refractivity contribution in [1.29, 1.82) is 0 Å². The number of alkyl halides is 2. The van der Waals surface area contributed by atoms with Crippen LogP contribution in [-0.4, -0.2) is 43.9 Å². The second-order valence-corrected chi connectivity index (χ2v) is 6.06. The van der Waals surface area contributed by atoms with Gasteiger partial charge in [-0.25, -0.2) is 4.79 Å². The lowest BCUT2D eigenvalue weighted by atomic mass is 10.1. The highest BCUT2D eigenvalue weighted by atomic mass is 19.3. The molecule has 0 aliphatic rings. The molecule has 0 aliphatic carbocycles. The van der Waals surface area contributed by atoms with Gasteiger partial charge in [0.05, 0.1) is 7.11 Å². The lowest BCUT2D eigenvalue weighted by molar-refractivity contribution is -0.124. The zero-order valence-corrected chi connectivity index (χ0v) is 15.9. The maximum Gasteiger partial charge on any atom is 0.387 e. The topological polar surface area (TPSA) is 94.1 Å². The van der Waals surface area contributed by atoms with Gasteiger partial charge in [-0.15, -0.1) is 0 Å². The first-order valence-electron chi connectivity index (χ1n) is 8.65. The van der Waals surface area contributed by atoms with Crippen LogP contribution in [0.5, 0.6) is 17.2 Å². The lowest BCUT2D eigenvalue weighted by Crippen LogP contribution is -2.30. The number of aryl methyl sites for hydroxylation is 1. The zero-order valence-electron chi connectivity index (χ0n) is 15.9. The minimum Gasteiger partial charge on any atom is -0.507 e. The number of carbonyl (C=O) groups is 2. The van der Waals surface area contributed by atoms with Gasteiger partial charge in [-0.2, -0.15) is 8.78 Å². The van der Waals surface area contributed by atoms with Gasteiger partial charge in [0, 0.05) is 6.54 Å². The van der Waals surface area contributed by atoms with E-state index in [4.69, 9.17) is 9.47 Å². The monoisotopic (exact) mass is 409 g/mol. The number of hydrogen-bond donors (Lipinski definition) is 2. The van der Waals surface area contributed by atoms with Crippen molar-refractivity contribution in [2.45, 2.75) is 20.0 Å². The Balaban J connectivity index is 1.80. The van der Waals surface area contributed by atoms with Gasteiger partial charge in [-0.1, -0.05) is 12.1 Å². The summed E-state index contributed by atoms with van der Waals surface area (Å²) >= 11 is 0. The molecule has 1 amide bonds. The summed E-state index contributed by atoms with van der Waals surface area (Å²) in [5.41, 5.74) is 1.48. The van der Waals surface area contributed by atoms with Crippen LogP contribution in [0.15, 0.2) is 36.4 Å². The molecule has 0 saturated heterocycles. The Kier molecular flexibility index (Phi) is 7.76. The standard InChI is InChI=1S/C20H21F2NO6/c1-12-3-5-14(15(24)9-12)19(26)28-11-18(25)23-8-7-13-4-6-16(29-20(21)22)17(10-13)27-2/h3-6,9-10,20,24H,7-8,11H2,1-2H3,(H,23,25). The average Bonchev–Trinajstić information content (AvgIpc) is 2.66. The smallest absolute Gasteiger partial charge is 0.387 e. The highest BCUT2D eigenvalue weighted by Crippen LogP contribution is 2.29. The van der Waals surface area contributed by atoms with Crippen molar-refractivity contribution in [2.75, 3.05) is 20.3 Å². The summed E-state index contributed by atoms with van der Waals surface area (Å²) in [5.74, 6) is -1.47. The minimum atomic E-state index is -2.96. The molecule has 2 N–H and O–H groups in total. The molecule has 0 aromatic heterocycles. The number of aromatic hydroxyl groups is 1. The predicted molar refractivity (Wildman–Crippen MR) is 99.5 cm³/mol. The molecule has 156 valence electrons. The predicted octanol–water partition coefficient (Wildman–Crippen LogP) is 2.83. The fourth-order valence-corrected chi connectivity index (χ4v) is 2.48. The van der Waals surface area contributed by atoms with E-state index in [0.717, 1.165) is 11.1 Å². The maximum absolute atomic E-state index is 12.3. The van der Waals surface area contributed by atoms with Crippen LogP contribution in [-0.2, 0) is 16.0 Å². The normalized spacial score (nSPS) is 10.5. The van der Waals surface area contributed by atoms with E-state index in [9.17, 15) is 23.5 Å². The second kappa shape index (κ2) is 10.3. The molecule has 29 heavy (non-hydrogen) atoms. The number of hydrogen-bond acceptors (Lipinski definition) is 6. The summed E-state index contributed by atoms with van der Waals surface area (Å²) in [6, 6.07) is 8.94. The number of amides is 1. The summed E-state index contributed by atoms with van der Waals surface area (Å²) in [7, 11) is 1.33. The van der Waals surface area contributed by atoms with Crippen molar-refractivity contribution in [3.05, 3.63) is 53.1 Å². The Morgan fingerprint density at radius 2 is 1.90 bits per heavy atom. The van der Waals surface area contributed by atoms with E-state index >= 15 is 0 Å². The fraction of sp³-hybridized carbons (Fsp3) is 0.300. The summed E-state index contributed by atoms with van der Waals surface area (Å²) in [6.45, 7) is -1.48. The van der Waals surface area contributed by atoms with Crippen LogP contribution in [0.2, 0.25) is 0 Å². The molecule has 7 nitrogen and oxygen atoms in total. The van der Waals surface area contributed by atoms with E-state index < -0.39 is 25.1 Å². The van der Waals surface area contributed by atoms with Crippen LogP contribution in [0.3, 0.4) is 0 Å². The Hall–Kier alpha value is -3.36. The van der Waals surface area contributed by atoms with Crippen LogP contribution in [0.1, 0.15) is 21.5 Å². The van der Waals surface area contributed by atoms with Crippen molar-refractivity contribution in [2.24, 2.45) is 0 Å². The number of halogens is 2. The van der Waals surface area contributed by atoms with E-state index in [0.29, 0.717) is 6.42 Å². The molecular weight excluding hydrogens is 388 g/mol. The van der Waals surface area contributed by atoms with E-state index in [1.54, 1.807) is 19.1 Å². The number of esters is 1. The summed E-state index contributed by atoms with van der Waals surface area (Å²) in [5, 5.41) is 12.3. The van der Waals surface area contributed by atoms with E-state index in [1.165, 1.54) is 31.4 Å². The lowest BCUT2D eigenvalue weighted by Gasteiger charge is -2.12. The van der Waals surface area contributed by atoms with E-state index in [-0.39, 0.29) is 29.4 Å². The van der Waals surface area contributed by atoms with Crippen molar-refractivity contribution in [1.82, 2.24) is 5.32 Å². The number of rotatable bonds is 9. The van der Waals surface area contributed by atoms with Gasteiger partial charge >= 0.3 is 12.6 Å². The molecule has 0 aliphatic heterocycles. The second-order valence-electron chi connectivity index (χ2n) is 6.06. The van der Waals surface area contributed by atoms with Crippen molar-refractivity contribution < 1.29 is 37.7 Å². The third-order valence-corrected chi connectivity index (χ3v) is 3.89. The Morgan fingerprint density at radius 3 is 2.55 bits per heavy atom. The van der Waals surface area contributed by atoms with Crippen LogP contribution < -0.4 is 14.8 Å². The maximum atomic E-state index is 12.3. The molecule has 0 saturated carbocycles. The van der Waals surface area contributed by atoms with Gasteiger partial charge < -0.3 is 24.6 Å². The highest BCUT2D eigenvalue weighted by molar-refractivity contribution is 5.93. The SMILES string of the molecule is COc1cc(CCNC(=O)COC(=O)c2ccc(C)cc2O)ccc1OC(F)F. The molecule has 9 heteroatoms. The number of carbonyl (C=O) groups excluding carboxylic acids is 2. The zero-order chi connectivity index (χ0) is 21.4. The van der Waals surface area contributed by atoms with Gasteiger partial charge in [0.2, 0.25) is 0 Å². The van der Waals surface area contributed by atoms with Crippen molar-refractivity contribution in [3.63, 3.8) is 0 Å². The summed E-state index contributed by atoms with van der Waals surface area (Å²) < 4.78 is 38.9. The number of benzene rings is 2. The summed E-state index contributed by atoms with van der Waals surface area (Å²) in [6.07, 6.45) is 0.393. The minimum absolute atomic E-state index is 0.0263. The van der Waals surface area contributed by atoms with Gasteiger partial charge in [0.15, 0.2) is 18.1 Å². The highest BCUT2D eigenvalue weighted by Gasteiger charge is 2.15. The van der Waals surface area contributed by atoms with E-state index in [2.05, 4.69) is 10.1 Å². The van der Waals surface area contributed by atoms with Crippen molar-refractivity contribution >= 4 is 11.9 Å². The first kappa shape index (κ1) is 21.9. The number of methoxy groups -OCH3 is 1. The molecule has 0 radical (unpaired) electrons. The molecular formula is C20H21F2NO6. The largest absolute Gasteiger partial charge is 0.507 e. The van der Waals surface area contributed by atoms with Gasteiger partial charge in [-0.05, 0) is 48.7 Å².